The second-order valence-corrected chi connectivity index (χ2v) is 8.86. The molecule has 3 aromatic rings. The first-order chi connectivity index (χ1) is 16.8. The van der Waals surface area contributed by atoms with Crippen LogP contribution in [0.5, 0.6) is 11.5 Å². The summed E-state index contributed by atoms with van der Waals surface area (Å²) in [5, 5.41) is 6.49. The van der Waals surface area contributed by atoms with Crippen molar-refractivity contribution in [3.8, 4) is 11.5 Å². The number of benzene rings is 3. The van der Waals surface area contributed by atoms with Gasteiger partial charge in [0.25, 0.3) is 0 Å². The minimum Gasteiger partial charge on any atom is -0.490 e. The van der Waals surface area contributed by atoms with Crippen LogP contribution in [0.4, 0.5) is 5.69 Å². The van der Waals surface area contributed by atoms with Crippen molar-refractivity contribution in [3.63, 3.8) is 0 Å². The van der Waals surface area contributed by atoms with Crippen molar-refractivity contribution in [1.29, 1.82) is 0 Å². The highest BCUT2D eigenvalue weighted by Crippen LogP contribution is 2.37. The summed E-state index contributed by atoms with van der Waals surface area (Å²) in [4.78, 5) is 24.3. The predicted octanol–water partition coefficient (Wildman–Crippen LogP) is 5.44. The van der Waals surface area contributed by atoms with Gasteiger partial charge in [-0.15, -0.1) is 0 Å². The van der Waals surface area contributed by atoms with Gasteiger partial charge in [-0.3, -0.25) is 9.59 Å². The number of carbonyl (C=O) groups excluding carboxylic acids is 2. The van der Waals surface area contributed by atoms with Crippen molar-refractivity contribution in [1.82, 2.24) is 5.43 Å². The van der Waals surface area contributed by atoms with Crippen LogP contribution in [0.3, 0.4) is 0 Å². The minimum absolute atomic E-state index is 0.393. The van der Waals surface area contributed by atoms with Crippen LogP contribution in [0.1, 0.15) is 34.7 Å². The number of ether oxygens (including phenoxy) is 2. The van der Waals surface area contributed by atoms with E-state index in [0.29, 0.717) is 40.4 Å². The first kappa shape index (κ1) is 26.0. The van der Waals surface area contributed by atoms with E-state index in [4.69, 9.17) is 9.47 Å². The normalized spacial score (nSPS) is 10.8. The number of hydrazone groups is 1. The summed E-state index contributed by atoms with van der Waals surface area (Å²) in [6, 6.07) is 17.1. The van der Waals surface area contributed by atoms with Crippen LogP contribution in [0, 0.1) is 20.8 Å². The zero-order valence-corrected chi connectivity index (χ0v) is 21.7. The second kappa shape index (κ2) is 12.2. The molecule has 2 amide bonds. The average Bonchev–Trinajstić information content (AvgIpc) is 2.79. The highest BCUT2D eigenvalue weighted by molar-refractivity contribution is 9.10. The lowest BCUT2D eigenvalue weighted by Crippen LogP contribution is -2.32. The molecule has 0 spiro atoms. The Hall–Kier alpha value is -3.65. The van der Waals surface area contributed by atoms with Gasteiger partial charge in [0.15, 0.2) is 11.5 Å². The van der Waals surface area contributed by atoms with Gasteiger partial charge in [-0.1, -0.05) is 30.3 Å². The van der Waals surface area contributed by atoms with Gasteiger partial charge >= 0.3 is 11.8 Å². The number of amides is 2. The Balaban J connectivity index is 1.66. The molecule has 8 heteroatoms. The van der Waals surface area contributed by atoms with Gasteiger partial charge in [0.05, 0.1) is 17.3 Å². The lowest BCUT2D eigenvalue weighted by atomic mass is 10.1. The number of halogens is 1. The molecule has 0 fully saturated rings. The molecule has 3 aromatic carbocycles. The van der Waals surface area contributed by atoms with E-state index < -0.39 is 11.8 Å². The van der Waals surface area contributed by atoms with Gasteiger partial charge in [0.1, 0.15) is 6.61 Å². The van der Waals surface area contributed by atoms with Crippen molar-refractivity contribution in [2.24, 2.45) is 5.10 Å². The quantitative estimate of drug-likeness (QED) is 0.227. The maximum absolute atomic E-state index is 12.2. The van der Waals surface area contributed by atoms with Crippen LogP contribution >= 0.6 is 15.9 Å². The van der Waals surface area contributed by atoms with Gasteiger partial charge in [-0.25, -0.2) is 5.43 Å². The average molecular weight is 538 g/mol. The molecule has 182 valence electrons. The van der Waals surface area contributed by atoms with Crippen molar-refractivity contribution < 1.29 is 19.1 Å². The lowest BCUT2D eigenvalue weighted by Gasteiger charge is -2.15. The Morgan fingerprint density at radius 1 is 0.971 bits per heavy atom. The van der Waals surface area contributed by atoms with Crippen LogP contribution < -0.4 is 20.2 Å². The molecule has 0 saturated heterocycles. The number of aryl methyl sites for hydroxylation is 3. The Morgan fingerprint density at radius 2 is 1.69 bits per heavy atom. The summed E-state index contributed by atoms with van der Waals surface area (Å²) in [6.45, 7) is 8.59. The molecule has 0 bridgehead atoms. The SMILES string of the molecule is CCOc1cc(/C=N/NC(=O)C(=O)Nc2cc(C)cc(C)c2)cc(Br)c1OCc1ccccc1C. The fraction of sp³-hybridized carbons (Fsp3) is 0.222. The molecular formula is C27H28BrN3O4. The summed E-state index contributed by atoms with van der Waals surface area (Å²) < 4.78 is 12.5. The number of hydrogen-bond donors (Lipinski definition) is 2. The van der Waals surface area contributed by atoms with Gasteiger partial charge in [-0.05, 0) is 95.7 Å². The summed E-state index contributed by atoms with van der Waals surface area (Å²) in [5.41, 5.74) is 7.65. The Labute approximate surface area is 213 Å². The number of nitrogens with zero attached hydrogens (tertiary/aromatic N) is 1. The predicted molar refractivity (Wildman–Crippen MR) is 141 cm³/mol. The van der Waals surface area contributed by atoms with Crippen molar-refractivity contribution in [2.75, 3.05) is 11.9 Å². The summed E-state index contributed by atoms with van der Waals surface area (Å²) in [5.74, 6) is -0.564. The third-order valence-electron chi connectivity index (χ3n) is 5.03. The molecule has 2 N–H and O–H groups in total. The molecule has 0 aromatic heterocycles. The van der Waals surface area contributed by atoms with Crippen LogP contribution in [-0.4, -0.2) is 24.6 Å². The fourth-order valence-corrected chi connectivity index (χ4v) is 4.01. The maximum Gasteiger partial charge on any atom is 0.329 e. The zero-order chi connectivity index (χ0) is 25.4. The highest BCUT2D eigenvalue weighted by Gasteiger charge is 2.15. The van der Waals surface area contributed by atoms with Gasteiger partial charge in [0.2, 0.25) is 0 Å². The number of anilines is 1. The number of nitrogens with one attached hydrogen (secondary N) is 2. The standard InChI is InChI=1S/C27H28BrN3O4/c1-5-34-24-14-20(13-23(28)25(24)35-16-21-9-7-6-8-19(21)4)15-29-31-27(33)26(32)30-22-11-17(2)10-18(3)12-22/h6-15H,5,16H2,1-4H3,(H,30,32)(H,31,33)/b29-15+. The van der Waals surface area contributed by atoms with Gasteiger partial charge < -0.3 is 14.8 Å². The van der Waals surface area contributed by atoms with E-state index in [1.54, 1.807) is 24.3 Å². The molecule has 0 saturated carbocycles. The summed E-state index contributed by atoms with van der Waals surface area (Å²) in [7, 11) is 0. The van der Waals surface area contributed by atoms with E-state index in [2.05, 4.69) is 31.8 Å². The summed E-state index contributed by atoms with van der Waals surface area (Å²) in [6.07, 6.45) is 1.43. The zero-order valence-electron chi connectivity index (χ0n) is 20.1. The van der Waals surface area contributed by atoms with E-state index in [9.17, 15) is 9.59 Å². The van der Waals surface area contributed by atoms with Crippen LogP contribution in [0.2, 0.25) is 0 Å². The third-order valence-corrected chi connectivity index (χ3v) is 5.62. The van der Waals surface area contributed by atoms with Gasteiger partial charge in [0, 0.05) is 5.69 Å². The molecule has 0 unspecified atom stereocenters. The van der Waals surface area contributed by atoms with E-state index in [1.165, 1.54) is 6.21 Å². The molecule has 7 nitrogen and oxygen atoms in total. The summed E-state index contributed by atoms with van der Waals surface area (Å²) >= 11 is 3.53. The number of rotatable bonds is 8. The Kier molecular flexibility index (Phi) is 9.03. The molecule has 0 radical (unpaired) electrons. The molecule has 3 rings (SSSR count). The van der Waals surface area contributed by atoms with Crippen LogP contribution in [-0.2, 0) is 16.2 Å². The van der Waals surface area contributed by atoms with E-state index in [0.717, 1.165) is 22.3 Å². The molecule has 0 aliphatic carbocycles. The molecule has 0 aliphatic rings. The molecule has 0 heterocycles. The third kappa shape index (κ3) is 7.42. The van der Waals surface area contributed by atoms with Crippen molar-refractivity contribution in [2.45, 2.75) is 34.3 Å². The first-order valence-corrected chi connectivity index (χ1v) is 11.9. The molecular weight excluding hydrogens is 510 g/mol. The topological polar surface area (TPSA) is 89.0 Å². The highest BCUT2D eigenvalue weighted by atomic mass is 79.9. The Bertz CT molecular complexity index is 1240. The van der Waals surface area contributed by atoms with Gasteiger partial charge in [-0.2, -0.15) is 5.10 Å². The number of carbonyl (C=O) groups is 2. The van der Waals surface area contributed by atoms with E-state index in [1.807, 2.05) is 58.0 Å². The van der Waals surface area contributed by atoms with Crippen LogP contribution in [0.25, 0.3) is 0 Å². The minimum atomic E-state index is -0.873. The van der Waals surface area contributed by atoms with Crippen LogP contribution in [0.15, 0.2) is 64.2 Å². The van der Waals surface area contributed by atoms with E-state index in [-0.39, 0.29) is 0 Å². The Morgan fingerprint density at radius 3 is 2.37 bits per heavy atom. The second-order valence-electron chi connectivity index (χ2n) is 8.01. The lowest BCUT2D eigenvalue weighted by molar-refractivity contribution is -0.136. The van der Waals surface area contributed by atoms with Crippen molar-refractivity contribution >= 4 is 39.6 Å². The fourth-order valence-electron chi connectivity index (χ4n) is 3.44. The molecule has 35 heavy (non-hydrogen) atoms. The van der Waals surface area contributed by atoms with Crippen molar-refractivity contribution in [3.05, 3.63) is 86.9 Å². The first-order valence-electron chi connectivity index (χ1n) is 11.1. The largest absolute Gasteiger partial charge is 0.490 e. The molecule has 0 aliphatic heterocycles. The smallest absolute Gasteiger partial charge is 0.329 e. The maximum atomic E-state index is 12.2. The van der Waals surface area contributed by atoms with E-state index >= 15 is 0 Å². The monoisotopic (exact) mass is 537 g/mol. The molecule has 0 atom stereocenters. The number of hydrogen-bond acceptors (Lipinski definition) is 5.